The predicted octanol–water partition coefficient (Wildman–Crippen LogP) is 5.04. The molecule has 2 N–H and O–H groups in total. The van der Waals surface area contributed by atoms with E-state index >= 15 is 0 Å². The summed E-state index contributed by atoms with van der Waals surface area (Å²) in [6.07, 6.45) is 10.0. The van der Waals surface area contributed by atoms with Crippen molar-refractivity contribution in [1.82, 2.24) is 15.1 Å². The number of hydrogen-bond acceptors (Lipinski definition) is 6. The minimum Gasteiger partial charge on any atom is -0.477 e. The molecule has 2 heterocycles. The number of piperidine rings is 1. The van der Waals surface area contributed by atoms with Gasteiger partial charge in [-0.3, -0.25) is 14.5 Å². The summed E-state index contributed by atoms with van der Waals surface area (Å²) in [7, 11) is 1.99. The summed E-state index contributed by atoms with van der Waals surface area (Å²) in [6.45, 7) is 14.4. The molecule has 5 atom stereocenters. The zero-order valence-electron chi connectivity index (χ0n) is 26.7. The Morgan fingerprint density at radius 3 is 2.44 bits per heavy atom. The van der Waals surface area contributed by atoms with Crippen LogP contribution in [-0.2, 0) is 19.1 Å². The lowest BCUT2D eigenvalue weighted by Crippen LogP contribution is -2.59. The molecule has 0 aromatic rings. The first kappa shape index (κ1) is 34.9. The molecule has 0 bridgehead atoms. The maximum absolute atomic E-state index is 14.5. The summed E-state index contributed by atoms with van der Waals surface area (Å²) in [5, 5.41) is 12.6. The van der Waals surface area contributed by atoms with Crippen molar-refractivity contribution in [2.75, 3.05) is 26.7 Å². The number of nitrogens with zero attached hydrogens (tertiary/aromatic N) is 3. The number of amides is 2. The summed E-state index contributed by atoms with van der Waals surface area (Å²) in [5.41, 5.74) is 0.742. The molecule has 0 aromatic heterocycles. The van der Waals surface area contributed by atoms with Crippen LogP contribution in [0.2, 0.25) is 0 Å². The molecule has 41 heavy (non-hydrogen) atoms. The van der Waals surface area contributed by atoms with Crippen molar-refractivity contribution < 1.29 is 24.2 Å². The molecule has 2 amide bonds. The fourth-order valence-electron chi connectivity index (χ4n) is 5.93. The second-order valence-electron chi connectivity index (χ2n) is 12.1. The number of unbranched alkanes of at least 4 members (excludes halogenated alkanes) is 3. The van der Waals surface area contributed by atoms with E-state index in [0.717, 1.165) is 57.9 Å². The highest BCUT2D eigenvalue weighted by Gasteiger charge is 2.38. The first-order valence-electron chi connectivity index (χ1n) is 16.0. The van der Waals surface area contributed by atoms with Crippen molar-refractivity contribution in [1.29, 1.82) is 0 Å². The third-order valence-corrected chi connectivity index (χ3v) is 8.74. The molecule has 0 aliphatic carbocycles. The molecule has 234 valence electrons. The van der Waals surface area contributed by atoms with E-state index in [0.29, 0.717) is 31.7 Å². The molecule has 9 nitrogen and oxygen atoms in total. The van der Waals surface area contributed by atoms with Crippen molar-refractivity contribution in [3.05, 3.63) is 11.8 Å². The van der Waals surface area contributed by atoms with Crippen LogP contribution in [0.3, 0.4) is 0 Å². The van der Waals surface area contributed by atoms with Gasteiger partial charge in [-0.2, -0.15) is 0 Å². The Kier molecular flexibility index (Phi) is 15.0. The van der Waals surface area contributed by atoms with Crippen molar-refractivity contribution in [3.8, 4) is 0 Å². The van der Waals surface area contributed by atoms with E-state index < -0.39 is 12.0 Å². The number of carbonyl (C=O) groups excluding carboxylic acids is 2. The lowest BCUT2D eigenvalue weighted by atomic mass is 9.90. The second-order valence-corrected chi connectivity index (χ2v) is 12.1. The number of allylic oxidation sites excluding steroid dienone is 1. The van der Waals surface area contributed by atoms with Gasteiger partial charge < -0.3 is 20.1 Å². The van der Waals surface area contributed by atoms with Crippen molar-refractivity contribution in [2.24, 2.45) is 16.8 Å². The molecule has 0 saturated carbocycles. The maximum Gasteiger partial charge on any atom is 0.354 e. The summed E-state index contributed by atoms with van der Waals surface area (Å²) in [4.78, 5) is 48.0. The fraction of sp³-hybridized carbons (Fsp3) is 0.812. The van der Waals surface area contributed by atoms with Crippen LogP contribution in [0, 0.1) is 11.8 Å². The number of likely N-dealkylation sites (N-methyl/N-ethyl adjacent to an activating group) is 1. The molecule has 0 spiro atoms. The van der Waals surface area contributed by atoms with Crippen LogP contribution in [0.5, 0.6) is 0 Å². The number of carboxylic acids is 1. The molecule has 9 heteroatoms. The quantitative estimate of drug-likeness (QED) is 0.221. The largest absolute Gasteiger partial charge is 0.477 e. The van der Waals surface area contributed by atoms with Gasteiger partial charge >= 0.3 is 5.97 Å². The lowest BCUT2D eigenvalue weighted by molar-refractivity contribution is -0.142. The Morgan fingerprint density at radius 1 is 1.15 bits per heavy atom. The smallest absolute Gasteiger partial charge is 0.354 e. The highest BCUT2D eigenvalue weighted by molar-refractivity contribution is 6.00. The predicted molar refractivity (Wildman–Crippen MR) is 164 cm³/mol. The van der Waals surface area contributed by atoms with E-state index in [2.05, 4.69) is 42.9 Å². The van der Waals surface area contributed by atoms with Crippen LogP contribution in [0.25, 0.3) is 0 Å². The zero-order chi connectivity index (χ0) is 30.5. The van der Waals surface area contributed by atoms with Gasteiger partial charge in [0.1, 0.15) is 11.7 Å². The van der Waals surface area contributed by atoms with Crippen molar-refractivity contribution in [2.45, 2.75) is 130 Å². The van der Waals surface area contributed by atoms with Gasteiger partial charge in [0.25, 0.3) is 0 Å². The van der Waals surface area contributed by atoms with E-state index in [1.54, 1.807) is 6.08 Å². The molecule has 2 aliphatic rings. The summed E-state index contributed by atoms with van der Waals surface area (Å²) in [5.74, 6) is -1.03. The van der Waals surface area contributed by atoms with Crippen LogP contribution in [0.1, 0.15) is 106 Å². The SMILES string of the molecule is CCCCCCN(C(=O)[C@@H](NC(=O)[C@H]1CCCCN1C)[C@@H](C)CC)[C@H](C[C@@H](OCC)C1=NC(C(=O)O)=CC1)C(C)C. The Labute approximate surface area is 248 Å². The number of nitrogens with one attached hydrogen (secondary N) is 1. The minimum atomic E-state index is -1.04. The molecular formula is C32H56N4O5. The summed E-state index contributed by atoms with van der Waals surface area (Å²) < 4.78 is 6.12. The van der Waals surface area contributed by atoms with Crippen molar-refractivity contribution >= 4 is 23.5 Å². The number of rotatable bonds is 18. The number of carboxylic acid groups (broad SMARTS) is 1. The van der Waals surface area contributed by atoms with Crippen LogP contribution in [-0.4, -0.2) is 89.4 Å². The number of hydrogen-bond donors (Lipinski definition) is 2. The minimum absolute atomic E-state index is 0.0180. The highest BCUT2D eigenvalue weighted by atomic mass is 16.5. The van der Waals surface area contributed by atoms with Crippen LogP contribution in [0.4, 0.5) is 0 Å². The van der Waals surface area contributed by atoms with Gasteiger partial charge in [-0.25, -0.2) is 9.79 Å². The monoisotopic (exact) mass is 576 g/mol. The number of likely N-dealkylation sites (tertiary alicyclic amines) is 1. The molecule has 2 aliphatic heterocycles. The standard InChI is InChI=1S/C32H56N4O5/c1-8-11-12-14-20-36(27(22(4)5)21-28(41-10-3)24-17-18-25(33-24)32(39)40)31(38)29(23(6)9-2)34-30(37)26-16-13-15-19-35(26)7/h18,22-23,26-29H,8-17,19-21H2,1-7H3,(H,34,37)(H,39,40)/t23-,26+,27+,28+,29-/m0/s1. The van der Waals surface area contributed by atoms with E-state index in [-0.39, 0.29) is 47.5 Å². The van der Waals surface area contributed by atoms with Gasteiger partial charge in [0.15, 0.2) is 0 Å². The highest BCUT2D eigenvalue weighted by Crippen LogP contribution is 2.26. The van der Waals surface area contributed by atoms with Crippen LogP contribution in [0.15, 0.2) is 16.8 Å². The molecule has 0 aromatic carbocycles. The van der Waals surface area contributed by atoms with Gasteiger partial charge in [-0.1, -0.05) is 66.7 Å². The van der Waals surface area contributed by atoms with E-state index in [9.17, 15) is 19.5 Å². The van der Waals surface area contributed by atoms with E-state index in [1.807, 2.05) is 25.8 Å². The Morgan fingerprint density at radius 2 is 1.88 bits per heavy atom. The number of aliphatic imine (C=N–C) groups is 1. The Balaban J connectivity index is 2.37. The average Bonchev–Trinajstić information content (AvgIpc) is 3.44. The summed E-state index contributed by atoms with van der Waals surface area (Å²) in [6, 6.07) is -0.969. The van der Waals surface area contributed by atoms with Gasteiger partial charge in [0.2, 0.25) is 11.8 Å². The number of ether oxygens (including phenoxy) is 1. The normalized spacial score (nSPS) is 20.6. The third-order valence-electron chi connectivity index (χ3n) is 8.74. The number of aliphatic carboxylic acids is 1. The molecule has 2 rings (SSSR count). The summed E-state index contributed by atoms with van der Waals surface area (Å²) >= 11 is 0. The van der Waals surface area contributed by atoms with Crippen LogP contribution >= 0.6 is 0 Å². The molecule has 0 radical (unpaired) electrons. The Bertz CT molecular complexity index is 918. The number of carbonyl (C=O) groups is 3. The van der Waals surface area contributed by atoms with Gasteiger partial charge in [0.05, 0.1) is 17.9 Å². The van der Waals surface area contributed by atoms with Gasteiger partial charge in [-0.05, 0) is 64.1 Å². The van der Waals surface area contributed by atoms with Gasteiger partial charge in [-0.15, -0.1) is 0 Å². The molecule has 1 saturated heterocycles. The first-order valence-corrected chi connectivity index (χ1v) is 16.0. The average molecular weight is 577 g/mol. The fourth-order valence-corrected chi connectivity index (χ4v) is 5.93. The van der Waals surface area contributed by atoms with Crippen LogP contribution < -0.4 is 5.32 Å². The zero-order valence-corrected chi connectivity index (χ0v) is 26.7. The molecule has 0 unspecified atom stereocenters. The molecular weight excluding hydrogens is 520 g/mol. The second kappa shape index (κ2) is 17.6. The van der Waals surface area contributed by atoms with E-state index in [4.69, 9.17) is 4.74 Å². The Hall–Kier alpha value is -2.26. The molecule has 1 fully saturated rings. The van der Waals surface area contributed by atoms with Gasteiger partial charge in [0, 0.05) is 25.6 Å². The first-order chi connectivity index (χ1) is 19.5. The third kappa shape index (κ3) is 10.2. The van der Waals surface area contributed by atoms with E-state index in [1.165, 1.54) is 0 Å². The topological polar surface area (TPSA) is 112 Å². The maximum atomic E-state index is 14.5. The lowest BCUT2D eigenvalue weighted by Gasteiger charge is -2.40. The van der Waals surface area contributed by atoms with Crippen molar-refractivity contribution in [3.63, 3.8) is 0 Å².